The van der Waals surface area contributed by atoms with Crippen molar-refractivity contribution in [3.05, 3.63) is 66.4 Å². The number of fused-ring (bicyclic) bond motifs is 3. The molecule has 3 aromatic rings. The lowest BCUT2D eigenvalue weighted by molar-refractivity contribution is -0.133. The molecule has 3 aliphatic heterocycles. The van der Waals surface area contributed by atoms with Crippen LogP contribution in [0, 0.1) is 11.8 Å². The summed E-state index contributed by atoms with van der Waals surface area (Å²) in [5.74, 6) is 1.53. The van der Waals surface area contributed by atoms with E-state index in [0.29, 0.717) is 18.5 Å². The zero-order valence-corrected chi connectivity index (χ0v) is 18.4. The lowest BCUT2D eigenvalue weighted by Gasteiger charge is -2.49. The van der Waals surface area contributed by atoms with Crippen molar-refractivity contribution in [1.29, 1.82) is 0 Å². The van der Waals surface area contributed by atoms with Gasteiger partial charge in [-0.1, -0.05) is 35.5 Å². The second-order valence-corrected chi connectivity index (χ2v) is 8.80. The molecule has 4 heterocycles. The Morgan fingerprint density at radius 3 is 2.69 bits per heavy atom. The van der Waals surface area contributed by atoms with Crippen molar-refractivity contribution in [3.8, 4) is 17.0 Å². The molecule has 3 saturated heterocycles. The molecule has 7 heteroatoms. The number of carbonyl (C=O) groups excluding carboxylic acids is 1. The largest absolute Gasteiger partial charge is 0.497 e. The quantitative estimate of drug-likeness (QED) is 0.623. The first-order valence-corrected chi connectivity index (χ1v) is 11.3. The number of hydrogen-bond donors (Lipinski definition) is 1. The first kappa shape index (κ1) is 20.7. The maximum Gasteiger partial charge on any atom is 0.224 e. The summed E-state index contributed by atoms with van der Waals surface area (Å²) in [5.41, 5.74) is 3.03. The first-order chi connectivity index (χ1) is 15.7. The highest BCUT2D eigenvalue weighted by atomic mass is 16.5. The maximum atomic E-state index is 12.9. The summed E-state index contributed by atoms with van der Waals surface area (Å²) < 4.78 is 7.17. The summed E-state index contributed by atoms with van der Waals surface area (Å²) in [4.78, 5) is 15.3. The number of amides is 1. The molecule has 32 heavy (non-hydrogen) atoms. The van der Waals surface area contributed by atoms with Crippen molar-refractivity contribution >= 4 is 5.91 Å². The SMILES string of the molecule is COc1ccc(-c2cn(C[C@H]3C[C@@H]4CCN3C[C@@H]4C(=O)NCc3ccccc3)nn2)cc1. The van der Waals surface area contributed by atoms with Gasteiger partial charge >= 0.3 is 0 Å². The van der Waals surface area contributed by atoms with Gasteiger partial charge in [-0.3, -0.25) is 14.4 Å². The van der Waals surface area contributed by atoms with Crippen molar-refractivity contribution in [2.75, 3.05) is 20.2 Å². The van der Waals surface area contributed by atoms with Crippen molar-refractivity contribution in [2.45, 2.75) is 32.0 Å². The maximum absolute atomic E-state index is 12.9. The number of rotatable bonds is 7. The van der Waals surface area contributed by atoms with Crippen LogP contribution in [0.3, 0.4) is 0 Å². The fourth-order valence-electron chi connectivity index (χ4n) is 5.04. The number of carbonyl (C=O) groups is 1. The van der Waals surface area contributed by atoms with E-state index in [4.69, 9.17) is 4.74 Å². The highest BCUT2D eigenvalue weighted by Gasteiger charge is 2.43. The van der Waals surface area contributed by atoms with Gasteiger partial charge in [-0.25, -0.2) is 0 Å². The minimum Gasteiger partial charge on any atom is -0.497 e. The van der Waals surface area contributed by atoms with Crippen LogP contribution in [0.5, 0.6) is 5.75 Å². The van der Waals surface area contributed by atoms with Crippen LogP contribution in [0.15, 0.2) is 60.8 Å². The van der Waals surface area contributed by atoms with Crippen LogP contribution in [0.4, 0.5) is 0 Å². The van der Waals surface area contributed by atoms with Gasteiger partial charge in [-0.05, 0) is 55.1 Å². The minimum absolute atomic E-state index is 0.0781. The Hall–Kier alpha value is -3.19. The Morgan fingerprint density at radius 2 is 1.97 bits per heavy atom. The molecular formula is C25H29N5O2. The van der Waals surface area contributed by atoms with Crippen LogP contribution in [0.2, 0.25) is 0 Å². The topological polar surface area (TPSA) is 72.3 Å². The van der Waals surface area contributed by atoms with Crippen LogP contribution in [-0.4, -0.2) is 52.0 Å². The smallest absolute Gasteiger partial charge is 0.224 e. The first-order valence-electron chi connectivity index (χ1n) is 11.3. The van der Waals surface area contributed by atoms with Crippen molar-refractivity contribution < 1.29 is 9.53 Å². The third-order valence-electron chi connectivity index (χ3n) is 6.85. The minimum atomic E-state index is 0.0781. The lowest BCUT2D eigenvalue weighted by Crippen LogP contribution is -2.57. The van der Waals surface area contributed by atoms with E-state index in [1.54, 1.807) is 7.11 Å². The van der Waals surface area contributed by atoms with E-state index >= 15 is 0 Å². The highest BCUT2D eigenvalue weighted by molar-refractivity contribution is 5.79. The van der Waals surface area contributed by atoms with Gasteiger partial charge in [0.15, 0.2) is 0 Å². The Morgan fingerprint density at radius 1 is 1.16 bits per heavy atom. The van der Waals surface area contributed by atoms with Gasteiger partial charge in [0.05, 0.1) is 25.8 Å². The van der Waals surface area contributed by atoms with E-state index in [1.165, 1.54) is 0 Å². The van der Waals surface area contributed by atoms with Crippen LogP contribution >= 0.6 is 0 Å². The molecule has 2 aromatic carbocycles. The Bertz CT molecular complexity index is 1050. The molecule has 1 amide bonds. The molecule has 0 saturated carbocycles. The van der Waals surface area contributed by atoms with Gasteiger partial charge in [-0.2, -0.15) is 0 Å². The Kier molecular flexibility index (Phi) is 5.90. The van der Waals surface area contributed by atoms with Crippen molar-refractivity contribution in [3.63, 3.8) is 0 Å². The fraction of sp³-hybridized carbons (Fsp3) is 0.400. The molecular weight excluding hydrogens is 402 g/mol. The van der Waals surface area contributed by atoms with Crippen LogP contribution in [-0.2, 0) is 17.9 Å². The second kappa shape index (κ2) is 9.12. The summed E-state index contributed by atoms with van der Waals surface area (Å²) in [6.07, 6.45) is 4.13. The molecule has 0 spiro atoms. The number of piperidine rings is 3. The zero-order chi connectivity index (χ0) is 21.9. The lowest BCUT2D eigenvalue weighted by atomic mass is 9.75. The number of hydrogen-bond acceptors (Lipinski definition) is 5. The summed E-state index contributed by atoms with van der Waals surface area (Å²) in [5, 5.41) is 11.9. The number of methoxy groups -OCH3 is 1. The number of nitrogens with zero attached hydrogens (tertiary/aromatic N) is 4. The van der Waals surface area contributed by atoms with Gasteiger partial charge in [0, 0.05) is 24.7 Å². The summed E-state index contributed by atoms with van der Waals surface area (Å²) in [6.45, 7) is 3.28. The van der Waals surface area contributed by atoms with Gasteiger partial charge < -0.3 is 10.1 Å². The standard InChI is InChI=1S/C25H29N5O2/c1-32-22-9-7-19(8-10-22)24-17-30(28-27-24)15-21-13-20-11-12-29(21)16-23(20)25(31)26-14-18-5-3-2-4-6-18/h2-10,17,20-21,23H,11-16H2,1H3,(H,26,31)/t20-,21+,23-/m0/s1. The average molecular weight is 432 g/mol. The molecule has 3 aliphatic rings. The zero-order valence-electron chi connectivity index (χ0n) is 18.4. The van der Waals surface area contributed by atoms with Crippen LogP contribution in [0.1, 0.15) is 18.4 Å². The molecule has 1 aromatic heterocycles. The predicted molar refractivity (Wildman–Crippen MR) is 122 cm³/mol. The predicted octanol–water partition coefficient (Wildman–Crippen LogP) is 2.98. The third kappa shape index (κ3) is 4.39. The van der Waals surface area contributed by atoms with Gasteiger partial charge in [-0.15, -0.1) is 5.10 Å². The second-order valence-electron chi connectivity index (χ2n) is 8.80. The summed E-state index contributed by atoms with van der Waals surface area (Å²) in [6, 6.07) is 18.4. The molecule has 3 fully saturated rings. The average Bonchev–Trinajstić information content (AvgIpc) is 3.32. The molecule has 0 aliphatic carbocycles. The monoisotopic (exact) mass is 431 g/mol. The van der Waals surface area contributed by atoms with Crippen LogP contribution in [0.25, 0.3) is 11.3 Å². The molecule has 6 rings (SSSR count). The molecule has 7 nitrogen and oxygen atoms in total. The number of nitrogens with one attached hydrogen (secondary N) is 1. The molecule has 2 bridgehead atoms. The Labute approximate surface area is 188 Å². The molecule has 4 atom stereocenters. The van der Waals surface area contributed by atoms with Crippen LogP contribution < -0.4 is 10.1 Å². The van der Waals surface area contributed by atoms with E-state index in [9.17, 15) is 4.79 Å². The summed E-state index contributed by atoms with van der Waals surface area (Å²) in [7, 11) is 1.66. The molecule has 0 radical (unpaired) electrons. The summed E-state index contributed by atoms with van der Waals surface area (Å²) >= 11 is 0. The molecule has 1 N–H and O–H groups in total. The fourth-order valence-corrected chi connectivity index (χ4v) is 5.04. The molecule has 166 valence electrons. The Balaban J connectivity index is 1.18. The number of aromatic nitrogens is 3. The van der Waals surface area contributed by atoms with E-state index in [1.807, 2.05) is 65.5 Å². The van der Waals surface area contributed by atoms with E-state index in [-0.39, 0.29) is 11.8 Å². The van der Waals surface area contributed by atoms with E-state index in [0.717, 1.165) is 55.0 Å². The van der Waals surface area contributed by atoms with Gasteiger partial charge in [0.1, 0.15) is 11.4 Å². The normalized spacial score (nSPS) is 24.3. The number of benzene rings is 2. The molecule has 1 unspecified atom stereocenters. The van der Waals surface area contributed by atoms with Gasteiger partial charge in [0.2, 0.25) is 5.91 Å². The van der Waals surface area contributed by atoms with E-state index < -0.39 is 0 Å². The van der Waals surface area contributed by atoms with Crippen molar-refractivity contribution in [1.82, 2.24) is 25.2 Å². The number of ether oxygens (including phenoxy) is 1. The van der Waals surface area contributed by atoms with Crippen molar-refractivity contribution in [2.24, 2.45) is 11.8 Å². The van der Waals surface area contributed by atoms with E-state index in [2.05, 4.69) is 20.5 Å². The highest BCUT2D eigenvalue weighted by Crippen LogP contribution is 2.37. The van der Waals surface area contributed by atoms with Gasteiger partial charge in [0.25, 0.3) is 0 Å². The third-order valence-corrected chi connectivity index (χ3v) is 6.85.